The Bertz CT molecular complexity index is 639. The fraction of sp³-hybridized carbons (Fsp3) is 0.312. The molecule has 2 N–H and O–H groups in total. The lowest BCUT2D eigenvalue weighted by Gasteiger charge is -2.29. The first-order valence-corrected chi connectivity index (χ1v) is 7.19. The standard InChI is InChI=1S/C16H18N2O5/c1-3-22-15(20)13-12(9-23-10(2)19)17-16(21)18-14(13)11-7-5-4-6-8-11/h4-8,14H,3,9H2,1-2H3,(H2,17,18,21)/t14-/m0/s1. The van der Waals surface area contributed by atoms with E-state index < -0.39 is 24.0 Å². The molecule has 1 aliphatic rings. The van der Waals surface area contributed by atoms with Crippen molar-refractivity contribution < 1.29 is 23.9 Å². The molecule has 122 valence electrons. The van der Waals surface area contributed by atoms with Gasteiger partial charge in [-0.1, -0.05) is 30.3 Å². The SMILES string of the molecule is CCOC(=O)C1=C(COC(C)=O)NC(=O)N[C@H]1c1ccccc1. The first kappa shape index (κ1) is 16.5. The minimum atomic E-state index is -0.672. The molecule has 0 aliphatic carbocycles. The summed E-state index contributed by atoms with van der Waals surface area (Å²) in [5.41, 5.74) is 1.17. The van der Waals surface area contributed by atoms with Crippen LogP contribution in [0.25, 0.3) is 0 Å². The van der Waals surface area contributed by atoms with Crippen LogP contribution < -0.4 is 10.6 Å². The Labute approximate surface area is 133 Å². The molecule has 0 fully saturated rings. The first-order chi connectivity index (χ1) is 11.0. The highest BCUT2D eigenvalue weighted by Gasteiger charge is 2.33. The highest BCUT2D eigenvalue weighted by molar-refractivity contribution is 5.95. The molecule has 7 nitrogen and oxygen atoms in total. The van der Waals surface area contributed by atoms with Crippen molar-refractivity contribution in [3.05, 3.63) is 47.2 Å². The molecule has 2 amide bonds. The predicted octanol–water partition coefficient (Wildman–Crippen LogP) is 1.42. The second kappa shape index (κ2) is 7.44. The third kappa shape index (κ3) is 4.09. The molecule has 0 aromatic heterocycles. The fourth-order valence-electron chi connectivity index (χ4n) is 2.25. The summed E-state index contributed by atoms with van der Waals surface area (Å²) in [5, 5.41) is 5.20. The summed E-state index contributed by atoms with van der Waals surface area (Å²) in [7, 11) is 0. The van der Waals surface area contributed by atoms with Gasteiger partial charge < -0.3 is 20.1 Å². The summed E-state index contributed by atoms with van der Waals surface area (Å²) in [6, 6.07) is 7.87. The van der Waals surface area contributed by atoms with Gasteiger partial charge in [-0.2, -0.15) is 0 Å². The molecule has 1 heterocycles. The fourth-order valence-corrected chi connectivity index (χ4v) is 2.25. The number of rotatable bonds is 5. The lowest BCUT2D eigenvalue weighted by Crippen LogP contribution is -2.47. The van der Waals surface area contributed by atoms with E-state index in [1.54, 1.807) is 31.2 Å². The van der Waals surface area contributed by atoms with E-state index in [2.05, 4.69) is 10.6 Å². The highest BCUT2D eigenvalue weighted by Crippen LogP contribution is 2.27. The molecule has 0 unspecified atom stereocenters. The van der Waals surface area contributed by atoms with E-state index in [1.807, 2.05) is 6.07 Å². The van der Waals surface area contributed by atoms with Gasteiger partial charge in [-0.3, -0.25) is 4.79 Å². The topological polar surface area (TPSA) is 93.7 Å². The van der Waals surface area contributed by atoms with Gasteiger partial charge >= 0.3 is 18.0 Å². The average Bonchev–Trinajstić information content (AvgIpc) is 2.53. The van der Waals surface area contributed by atoms with Crippen molar-refractivity contribution in [1.29, 1.82) is 0 Å². The Kier molecular flexibility index (Phi) is 5.35. The second-order valence-electron chi connectivity index (χ2n) is 4.84. The van der Waals surface area contributed by atoms with Crippen LogP contribution in [0.15, 0.2) is 41.6 Å². The van der Waals surface area contributed by atoms with E-state index in [9.17, 15) is 14.4 Å². The van der Waals surface area contributed by atoms with E-state index in [0.29, 0.717) is 0 Å². The van der Waals surface area contributed by atoms with Crippen LogP contribution >= 0.6 is 0 Å². The Balaban J connectivity index is 2.44. The third-order valence-corrected chi connectivity index (χ3v) is 3.20. The third-order valence-electron chi connectivity index (χ3n) is 3.20. The Morgan fingerprint density at radius 3 is 2.48 bits per heavy atom. The summed E-state index contributed by atoms with van der Waals surface area (Å²) in [5.74, 6) is -1.08. The molecule has 0 spiro atoms. The largest absolute Gasteiger partial charge is 0.463 e. The van der Waals surface area contributed by atoms with Gasteiger partial charge in [-0.25, -0.2) is 9.59 Å². The van der Waals surface area contributed by atoms with Gasteiger partial charge in [-0.15, -0.1) is 0 Å². The number of hydrogen-bond donors (Lipinski definition) is 2. The van der Waals surface area contributed by atoms with Crippen molar-refractivity contribution in [3.8, 4) is 0 Å². The minimum absolute atomic E-state index is 0.193. The van der Waals surface area contributed by atoms with Crippen LogP contribution in [0.2, 0.25) is 0 Å². The van der Waals surface area contributed by atoms with Gasteiger partial charge in [0.25, 0.3) is 0 Å². The zero-order valence-corrected chi connectivity index (χ0v) is 12.9. The number of esters is 2. The Morgan fingerprint density at radius 1 is 1.17 bits per heavy atom. The van der Waals surface area contributed by atoms with Crippen molar-refractivity contribution in [3.63, 3.8) is 0 Å². The number of urea groups is 1. The molecule has 7 heteroatoms. The Morgan fingerprint density at radius 2 is 1.87 bits per heavy atom. The van der Waals surface area contributed by atoms with E-state index in [4.69, 9.17) is 9.47 Å². The Hall–Kier alpha value is -2.83. The van der Waals surface area contributed by atoms with Gasteiger partial charge in [0, 0.05) is 6.92 Å². The molecule has 1 aliphatic heterocycles. The zero-order chi connectivity index (χ0) is 16.8. The highest BCUT2D eigenvalue weighted by atomic mass is 16.5. The van der Waals surface area contributed by atoms with Crippen LogP contribution in [0.5, 0.6) is 0 Å². The molecule has 1 aromatic carbocycles. The van der Waals surface area contributed by atoms with E-state index in [-0.39, 0.29) is 24.5 Å². The van der Waals surface area contributed by atoms with Crippen LogP contribution in [0.1, 0.15) is 25.5 Å². The average molecular weight is 318 g/mol. The number of amides is 2. The van der Waals surface area contributed by atoms with Gasteiger partial charge in [0.05, 0.1) is 23.9 Å². The van der Waals surface area contributed by atoms with E-state index in [0.717, 1.165) is 5.56 Å². The molecule has 1 atom stereocenters. The van der Waals surface area contributed by atoms with Crippen molar-refractivity contribution >= 4 is 18.0 Å². The molecule has 0 bridgehead atoms. The lowest BCUT2D eigenvalue weighted by molar-refractivity contribution is -0.141. The molecular formula is C16H18N2O5. The maximum absolute atomic E-state index is 12.3. The normalized spacial score (nSPS) is 17.1. The summed E-state index contributed by atoms with van der Waals surface area (Å²) in [4.78, 5) is 35.2. The van der Waals surface area contributed by atoms with Crippen LogP contribution in [-0.2, 0) is 19.1 Å². The number of benzene rings is 1. The molecule has 23 heavy (non-hydrogen) atoms. The van der Waals surface area contributed by atoms with Crippen molar-refractivity contribution in [1.82, 2.24) is 10.6 Å². The quantitative estimate of drug-likeness (QED) is 0.801. The van der Waals surface area contributed by atoms with Gasteiger partial charge in [0.15, 0.2) is 0 Å². The van der Waals surface area contributed by atoms with Crippen molar-refractivity contribution in [2.75, 3.05) is 13.2 Å². The van der Waals surface area contributed by atoms with E-state index >= 15 is 0 Å². The van der Waals surface area contributed by atoms with Crippen LogP contribution in [-0.4, -0.2) is 31.2 Å². The molecule has 0 saturated heterocycles. The maximum atomic E-state index is 12.3. The minimum Gasteiger partial charge on any atom is -0.463 e. The lowest BCUT2D eigenvalue weighted by atomic mass is 9.95. The monoisotopic (exact) mass is 318 g/mol. The molecule has 0 saturated carbocycles. The van der Waals surface area contributed by atoms with Gasteiger partial charge in [0.1, 0.15) is 6.61 Å². The van der Waals surface area contributed by atoms with E-state index in [1.165, 1.54) is 6.92 Å². The van der Waals surface area contributed by atoms with Crippen molar-refractivity contribution in [2.45, 2.75) is 19.9 Å². The molecule has 1 aromatic rings. The predicted molar refractivity (Wildman–Crippen MR) is 81.1 cm³/mol. The summed E-state index contributed by atoms with van der Waals surface area (Å²) >= 11 is 0. The maximum Gasteiger partial charge on any atom is 0.338 e. The van der Waals surface area contributed by atoms with Crippen LogP contribution in [0.3, 0.4) is 0 Å². The molecule has 0 radical (unpaired) electrons. The molecular weight excluding hydrogens is 300 g/mol. The van der Waals surface area contributed by atoms with Gasteiger partial charge in [-0.05, 0) is 12.5 Å². The smallest absolute Gasteiger partial charge is 0.338 e. The number of hydrogen-bond acceptors (Lipinski definition) is 5. The van der Waals surface area contributed by atoms with Crippen LogP contribution in [0.4, 0.5) is 4.79 Å². The number of nitrogens with one attached hydrogen (secondary N) is 2. The summed E-state index contributed by atoms with van der Waals surface area (Å²) in [6.07, 6.45) is 0. The van der Waals surface area contributed by atoms with Crippen LogP contribution in [0, 0.1) is 0 Å². The summed E-state index contributed by atoms with van der Waals surface area (Å²) in [6.45, 7) is 2.93. The van der Waals surface area contributed by atoms with Gasteiger partial charge in [0.2, 0.25) is 0 Å². The van der Waals surface area contributed by atoms with Crippen molar-refractivity contribution in [2.24, 2.45) is 0 Å². The number of ether oxygens (including phenoxy) is 2. The molecule has 2 rings (SSSR count). The number of carbonyl (C=O) groups is 3. The first-order valence-electron chi connectivity index (χ1n) is 7.19. The number of carbonyl (C=O) groups excluding carboxylic acids is 3. The summed E-state index contributed by atoms with van der Waals surface area (Å²) < 4.78 is 10.0. The zero-order valence-electron chi connectivity index (χ0n) is 12.9. The second-order valence-corrected chi connectivity index (χ2v) is 4.84.